The average molecular weight is 126 g/mol. The quantitative estimate of drug-likeness (QED) is 0.476. The molecule has 1 rings (SSSR count). The molecule has 0 radical (unpaired) electrons. The van der Waals surface area contributed by atoms with Crippen molar-refractivity contribution in [3.63, 3.8) is 0 Å². The first-order valence-electron chi connectivity index (χ1n) is 3.02. The van der Waals surface area contributed by atoms with Crippen LogP contribution in [0.1, 0.15) is 12.8 Å². The molecule has 0 aromatic heterocycles. The molecule has 0 aromatic carbocycles. The highest BCUT2D eigenvalue weighted by molar-refractivity contribution is 4.93. The first kappa shape index (κ1) is 6.53. The maximum atomic E-state index is 6.74. The fourth-order valence-corrected chi connectivity index (χ4v) is 0.837. The number of hydrogen-bond acceptors (Lipinski definition) is 2. The Labute approximate surface area is 54.6 Å². The summed E-state index contributed by atoms with van der Waals surface area (Å²) in [6.07, 6.45) is 1.35. The molecule has 0 aliphatic carbocycles. The van der Waals surface area contributed by atoms with Crippen molar-refractivity contribution in [2.24, 2.45) is 5.73 Å². The lowest BCUT2D eigenvalue weighted by Crippen LogP contribution is -2.41. The van der Waals surface area contributed by atoms with E-state index in [1.165, 1.54) is 0 Å². The highest BCUT2D eigenvalue weighted by atomic mass is 16.5. The van der Waals surface area contributed by atoms with Crippen LogP contribution in [0.5, 0.6) is 0 Å². The minimum absolute atomic E-state index is 0.613. The standard InChI is InChI=1S/C6H10N2O/c1-8-6(7)2-4-9-5-3-6/h2-5,7H2. The van der Waals surface area contributed by atoms with Crippen molar-refractivity contribution in [3.05, 3.63) is 11.4 Å². The topological polar surface area (TPSA) is 39.6 Å². The van der Waals surface area contributed by atoms with Crippen LogP contribution >= 0.6 is 0 Å². The molecule has 1 saturated heterocycles. The zero-order valence-electron chi connectivity index (χ0n) is 5.26. The van der Waals surface area contributed by atoms with E-state index in [0.717, 1.165) is 0 Å². The van der Waals surface area contributed by atoms with Gasteiger partial charge in [0.2, 0.25) is 0 Å². The molecule has 0 aromatic rings. The fourth-order valence-electron chi connectivity index (χ4n) is 0.837. The molecule has 1 fully saturated rings. The van der Waals surface area contributed by atoms with Crippen LogP contribution in [0.4, 0.5) is 0 Å². The molecular weight excluding hydrogens is 116 g/mol. The Morgan fingerprint density at radius 2 is 2.00 bits per heavy atom. The van der Waals surface area contributed by atoms with Crippen molar-refractivity contribution in [3.8, 4) is 0 Å². The summed E-state index contributed by atoms with van der Waals surface area (Å²) in [7, 11) is 0. The van der Waals surface area contributed by atoms with Crippen molar-refractivity contribution in [2.45, 2.75) is 18.5 Å². The number of ether oxygens (including phenoxy) is 1. The van der Waals surface area contributed by atoms with E-state index < -0.39 is 5.66 Å². The largest absolute Gasteiger partial charge is 0.381 e. The molecular formula is C6H10N2O. The van der Waals surface area contributed by atoms with Crippen LogP contribution < -0.4 is 5.73 Å². The van der Waals surface area contributed by atoms with E-state index in [9.17, 15) is 0 Å². The van der Waals surface area contributed by atoms with E-state index in [1.54, 1.807) is 0 Å². The maximum Gasteiger partial charge on any atom is 0.288 e. The van der Waals surface area contributed by atoms with Crippen molar-refractivity contribution in [1.29, 1.82) is 0 Å². The van der Waals surface area contributed by atoms with Gasteiger partial charge in [0.25, 0.3) is 5.66 Å². The molecule has 0 atom stereocenters. The van der Waals surface area contributed by atoms with Gasteiger partial charge in [0, 0.05) is 0 Å². The van der Waals surface area contributed by atoms with Gasteiger partial charge in [-0.25, -0.2) is 6.57 Å². The molecule has 2 N–H and O–H groups in total. The van der Waals surface area contributed by atoms with Gasteiger partial charge in [0.05, 0.1) is 26.1 Å². The molecule has 3 nitrogen and oxygen atoms in total. The molecule has 0 saturated carbocycles. The summed E-state index contributed by atoms with van der Waals surface area (Å²) in [5.74, 6) is 0. The Morgan fingerprint density at radius 1 is 1.44 bits per heavy atom. The van der Waals surface area contributed by atoms with Gasteiger partial charge in [0.15, 0.2) is 0 Å². The Hall–Kier alpha value is -0.590. The lowest BCUT2D eigenvalue weighted by atomic mass is 10.0. The van der Waals surface area contributed by atoms with Crippen LogP contribution in [0.3, 0.4) is 0 Å². The third kappa shape index (κ3) is 1.41. The lowest BCUT2D eigenvalue weighted by Gasteiger charge is -2.21. The van der Waals surface area contributed by atoms with Gasteiger partial charge in [0.1, 0.15) is 0 Å². The van der Waals surface area contributed by atoms with Crippen LogP contribution in [0.25, 0.3) is 4.85 Å². The van der Waals surface area contributed by atoms with Crippen LogP contribution in [-0.2, 0) is 4.74 Å². The smallest absolute Gasteiger partial charge is 0.288 e. The third-order valence-corrected chi connectivity index (χ3v) is 1.58. The van der Waals surface area contributed by atoms with E-state index in [0.29, 0.717) is 26.1 Å². The number of rotatable bonds is 0. The highest BCUT2D eigenvalue weighted by Crippen LogP contribution is 2.17. The van der Waals surface area contributed by atoms with Gasteiger partial charge in [-0.3, -0.25) is 10.6 Å². The molecule has 1 heterocycles. The van der Waals surface area contributed by atoms with E-state index in [1.807, 2.05) is 0 Å². The number of hydrogen-bond donors (Lipinski definition) is 1. The Bertz CT molecular complexity index is 132. The van der Waals surface area contributed by atoms with E-state index in [2.05, 4.69) is 4.85 Å². The van der Waals surface area contributed by atoms with Crippen LogP contribution in [0.15, 0.2) is 0 Å². The van der Waals surface area contributed by atoms with Crippen molar-refractivity contribution in [2.75, 3.05) is 13.2 Å². The minimum atomic E-state index is -0.613. The summed E-state index contributed by atoms with van der Waals surface area (Å²) in [4.78, 5) is 3.33. The third-order valence-electron chi connectivity index (χ3n) is 1.58. The Morgan fingerprint density at radius 3 is 2.33 bits per heavy atom. The second kappa shape index (κ2) is 2.34. The zero-order valence-corrected chi connectivity index (χ0v) is 5.26. The summed E-state index contributed by atoms with van der Waals surface area (Å²) in [5, 5.41) is 0. The first-order valence-corrected chi connectivity index (χ1v) is 3.02. The molecule has 50 valence electrons. The molecule has 3 heteroatoms. The first-order chi connectivity index (χ1) is 4.27. The summed E-state index contributed by atoms with van der Waals surface area (Å²) in [6.45, 7) is 8.01. The van der Waals surface area contributed by atoms with Gasteiger partial charge in [-0.2, -0.15) is 0 Å². The predicted octanol–water partition coefficient (Wildman–Crippen LogP) is 0.371. The fraction of sp³-hybridized carbons (Fsp3) is 0.833. The van der Waals surface area contributed by atoms with Crippen molar-refractivity contribution < 1.29 is 4.74 Å². The van der Waals surface area contributed by atoms with Crippen molar-refractivity contribution in [1.82, 2.24) is 0 Å². The minimum Gasteiger partial charge on any atom is -0.381 e. The van der Waals surface area contributed by atoms with E-state index in [-0.39, 0.29) is 0 Å². The number of nitrogens with zero attached hydrogens (tertiary/aromatic N) is 1. The molecule has 0 spiro atoms. The highest BCUT2D eigenvalue weighted by Gasteiger charge is 2.33. The lowest BCUT2D eigenvalue weighted by molar-refractivity contribution is 0.0672. The van der Waals surface area contributed by atoms with E-state index >= 15 is 0 Å². The molecule has 1 aliphatic rings. The summed E-state index contributed by atoms with van der Waals surface area (Å²) >= 11 is 0. The monoisotopic (exact) mass is 126 g/mol. The van der Waals surface area contributed by atoms with E-state index in [4.69, 9.17) is 17.0 Å². The predicted molar refractivity (Wildman–Crippen MR) is 33.6 cm³/mol. The van der Waals surface area contributed by atoms with Gasteiger partial charge in [-0.1, -0.05) is 0 Å². The van der Waals surface area contributed by atoms with Gasteiger partial charge in [-0.05, 0) is 0 Å². The van der Waals surface area contributed by atoms with Gasteiger partial charge in [-0.15, -0.1) is 0 Å². The average Bonchev–Trinajstić information content (AvgIpc) is 1.90. The Kier molecular flexibility index (Phi) is 1.70. The molecule has 9 heavy (non-hydrogen) atoms. The van der Waals surface area contributed by atoms with Crippen LogP contribution in [0.2, 0.25) is 0 Å². The maximum absolute atomic E-state index is 6.74. The van der Waals surface area contributed by atoms with Crippen molar-refractivity contribution >= 4 is 0 Å². The normalized spacial score (nSPS) is 24.9. The molecule has 0 amide bonds. The van der Waals surface area contributed by atoms with Gasteiger partial charge < -0.3 is 4.74 Å². The van der Waals surface area contributed by atoms with Crippen LogP contribution in [-0.4, -0.2) is 18.9 Å². The molecule has 0 bridgehead atoms. The second-order valence-corrected chi connectivity index (χ2v) is 2.33. The molecule has 1 aliphatic heterocycles. The number of nitrogens with two attached hydrogens (primary N) is 1. The summed E-state index contributed by atoms with van der Waals surface area (Å²) < 4.78 is 5.04. The summed E-state index contributed by atoms with van der Waals surface area (Å²) in [6, 6.07) is 0. The Balaban J connectivity index is 2.49. The van der Waals surface area contributed by atoms with Gasteiger partial charge >= 0.3 is 0 Å². The zero-order chi connectivity index (χ0) is 6.74. The second-order valence-electron chi connectivity index (χ2n) is 2.33. The SMILES string of the molecule is [C-]#[N+]C1(N)CCOCC1. The molecule has 0 unspecified atom stereocenters. The summed E-state index contributed by atoms with van der Waals surface area (Å²) in [5.41, 5.74) is 5.01. The van der Waals surface area contributed by atoms with Crippen LogP contribution in [0, 0.1) is 6.57 Å².